The molecule has 1 aromatic carbocycles. The number of aliphatic carboxylic acids is 1. The second-order valence-electron chi connectivity index (χ2n) is 4.43. The van der Waals surface area contributed by atoms with E-state index in [-0.39, 0.29) is 12.0 Å². The molecule has 0 saturated carbocycles. The lowest BCUT2D eigenvalue weighted by Crippen LogP contribution is -2.34. The van der Waals surface area contributed by atoms with E-state index in [4.69, 9.17) is 0 Å². The molecule has 0 spiro atoms. The number of benzene rings is 1. The van der Waals surface area contributed by atoms with Crippen molar-refractivity contribution in [1.82, 2.24) is 5.32 Å². The van der Waals surface area contributed by atoms with Gasteiger partial charge in [0.15, 0.2) is 0 Å². The van der Waals surface area contributed by atoms with Crippen LogP contribution in [-0.2, 0) is 4.79 Å². The minimum Gasteiger partial charge on any atom is -0.481 e. The van der Waals surface area contributed by atoms with Gasteiger partial charge in [0.05, 0.1) is 5.92 Å². The highest BCUT2D eigenvalue weighted by Crippen LogP contribution is 2.29. The van der Waals surface area contributed by atoms with Gasteiger partial charge in [0, 0.05) is 10.5 Å². The van der Waals surface area contributed by atoms with Gasteiger partial charge in [0.2, 0.25) is 0 Å². The minimum atomic E-state index is -0.762. The summed E-state index contributed by atoms with van der Waals surface area (Å²) < 4.78 is 0.993. The fraction of sp³-hybridized carbons (Fsp3) is 0.462. The van der Waals surface area contributed by atoms with Gasteiger partial charge in [-0.1, -0.05) is 41.9 Å². The minimum absolute atomic E-state index is 0.0774. The Morgan fingerprint density at radius 3 is 2.18 bits per heavy atom. The molecule has 94 valence electrons. The first-order valence-corrected chi connectivity index (χ1v) is 6.42. The maximum absolute atomic E-state index is 11.3. The highest BCUT2D eigenvalue weighted by molar-refractivity contribution is 9.10. The zero-order valence-corrected chi connectivity index (χ0v) is 11.9. The van der Waals surface area contributed by atoms with Crippen molar-refractivity contribution in [2.45, 2.75) is 19.9 Å². The largest absolute Gasteiger partial charge is 0.481 e. The van der Waals surface area contributed by atoms with Crippen LogP contribution in [0.15, 0.2) is 28.7 Å². The Hall–Kier alpha value is -0.870. The van der Waals surface area contributed by atoms with Crippen LogP contribution in [0, 0.1) is 11.8 Å². The van der Waals surface area contributed by atoms with Gasteiger partial charge in [-0.25, -0.2) is 0 Å². The molecular weight excluding hydrogens is 282 g/mol. The molecule has 2 unspecified atom stereocenters. The number of hydrogen-bond acceptors (Lipinski definition) is 2. The van der Waals surface area contributed by atoms with Gasteiger partial charge < -0.3 is 10.4 Å². The summed E-state index contributed by atoms with van der Waals surface area (Å²) in [5.74, 6) is -1.11. The van der Waals surface area contributed by atoms with Crippen LogP contribution >= 0.6 is 15.9 Å². The molecule has 0 radical (unpaired) electrons. The molecule has 0 aromatic heterocycles. The Kier molecular flexibility index (Phi) is 5.15. The first-order valence-electron chi connectivity index (χ1n) is 5.63. The van der Waals surface area contributed by atoms with Gasteiger partial charge in [0.25, 0.3) is 0 Å². The average molecular weight is 300 g/mol. The average Bonchev–Trinajstić information content (AvgIpc) is 2.26. The normalized spacial score (nSPS) is 14.6. The van der Waals surface area contributed by atoms with E-state index in [1.807, 2.05) is 38.1 Å². The van der Waals surface area contributed by atoms with E-state index < -0.39 is 11.9 Å². The van der Waals surface area contributed by atoms with E-state index in [9.17, 15) is 9.90 Å². The molecule has 0 aliphatic rings. The zero-order chi connectivity index (χ0) is 13.0. The maximum atomic E-state index is 11.3. The summed E-state index contributed by atoms with van der Waals surface area (Å²) in [7, 11) is 1.80. The Morgan fingerprint density at radius 2 is 1.82 bits per heavy atom. The molecule has 1 aromatic rings. The van der Waals surface area contributed by atoms with E-state index in [0.29, 0.717) is 0 Å². The Balaban J connectivity index is 3.04. The number of carbonyl (C=O) groups is 1. The second-order valence-corrected chi connectivity index (χ2v) is 5.34. The van der Waals surface area contributed by atoms with Crippen LogP contribution in [0.4, 0.5) is 0 Å². The van der Waals surface area contributed by atoms with Crippen molar-refractivity contribution in [2.24, 2.45) is 11.8 Å². The molecule has 4 heteroatoms. The topological polar surface area (TPSA) is 49.3 Å². The Labute approximate surface area is 110 Å². The fourth-order valence-electron chi connectivity index (χ4n) is 2.04. The molecule has 0 saturated heterocycles. The summed E-state index contributed by atoms with van der Waals surface area (Å²) in [6, 6.07) is 7.59. The third kappa shape index (κ3) is 3.54. The van der Waals surface area contributed by atoms with Crippen LogP contribution in [0.1, 0.15) is 25.5 Å². The van der Waals surface area contributed by atoms with E-state index in [2.05, 4.69) is 21.2 Å². The van der Waals surface area contributed by atoms with Crippen molar-refractivity contribution in [3.63, 3.8) is 0 Å². The van der Waals surface area contributed by atoms with Gasteiger partial charge in [-0.3, -0.25) is 4.79 Å². The lowest BCUT2D eigenvalue weighted by Gasteiger charge is -2.27. The molecule has 2 atom stereocenters. The predicted octanol–water partition coefficient (Wildman–Crippen LogP) is 3.07. The molecule has 3 nitrogen and oxygen atoms in total. The van der Waals surface area contributed by atoms with Crippen LogP contribution < -0.4 is 5.32 Å². The van der Waals surface area contributed by atoms with Crippen molar-refractivity contribution in [1.29, 1.82) is 0 Å². The summed E-state index contributed by atoms with van der Waals surface area (Å²) >= 11 is 3.37. The molecule has 0 aliphatic heterocycles. The predicted molar refractivity (Wildman–Crippen MR) is 71.9 cm³/mol. The fourth-order valence-corrected chi connectivity index (χ4v) is 2.30. The summed E-state index contributed by atoms with van der Waals surface area (Å²) in [6.07, 6.45) is 0. The van der Waals surface area contributed by atoms with Crippen molar-refractivity contribution in [2.75, 3.05) is 7.05 Å². The first kappa shape index (κ1) is 14.2. The van der Waals surface area contributed by atoms with Gasteiger partial charge >= 0.3 is 5.97 Å². The maximum Gasteiger partial charge on any atom is 0.308 e. The highest BCUT2D eigenvalue weighted by Gasteiger charge is 2.30. The van der Waals surface area contributed by atoms with Crippen molar-refractivity contribution in [3.8, 4) is 0 Å². The van der Waals surface area contributed by atoms with Crippen molar-refractivity contribution < 1.29 is 9.90 Å². The summed E-state index contributed by atoms with van der Waals surface area (Å²) in [5.41, 5.74) is 0.997. The zero-order valence-electron chi connectivity index (χ0n) is 10.3. The quantitative estimate of drug-likeness (QED) is 0.878. The van der Waals surface area contributed by atoms with Crippen LogP contribution in [-0.4, -0.2) is 18.1 Å². The van der Waals surface area contributed by atoms with Crippen LogP contribution in [0.25, 0.3) is 0 Å². The van der Waals surface area contributed by atoms with E-state index in [1.54, 1.807) is 7.05 Å². The SMILES string of the molecule is CNC(c1ccc(Br)cc1)C(C(=O)O)C(C)C. The number of rotatable bonds is 5. The lowest BCUT2D eigenvalue weighted by molar-refractivity contribution is -0.144. The number of halogens is 1. The number of carboxylic acid groups (broad SMARTS) is 1. The summed E-state index contributed by atoms with van der Waals surface area (Å²) in [5, 5.41) is 12.4. The smallest absolute Gasteiger partial charge is 0.308 e. The van der Waals surface area contributed by atoms with Gasteiger partial charge in [-0.05, 0) is 30.7 Å². The summed E-state index contributed by atoms with van der Waals surface area (Å²) in [6.45, 7) is 3.87. The molecule has 17 heavy (non-hydrogen) atoms. The number of carboxylic acids is 1. The molecule has 0 fully saturated rings. The number of nitrogens with one attached hydrogen (secondary N) is 1. The standard InChI is InChI=1S/C13H18BrNO2/c1-8(2)11(13(16)17)12(15-3)9-4-6-10(14)7-5-9/h4-8,11-12,15H,1-3H3,(H,16,17). The lowest BCUT2D eigenvalue weighted by atomic mass is 9.84. The molecule has 0 heterocycles. The molecule has 2 N–H and O–H groups in total. The van der Waals surface area contributed by atoms with Gasteiger partial charge in [-0.2, -0.15) is 0 Å². The monoisotopic (exact) mass is 299 g/mol. The first-order chi connectivity index (χ1) is 7.97. The third-order valence-corrected chi connectivity index (χ3v) is 3.43. The summed E-state index contributed by atoms with van der Waals surface area (Å²) in [4.78, 5) is 11.3. The van der Waals surface area contributed by atoms with E-state index in [0.717, 1.165) is 10.0 Å². The van der Waals surface area contributed by atoms with Gasteiger partial charge in [-0.15, -0.1) is 0 Å². The molecule has 0 bridgehead atoms. The molecular formula is C13H18BrNO2. The molecule has 0 amide bonds. The highest BCUT2D eigenvalue weighted by atomic mass is 79.9. The van der Waals surface area contributed by atoms with Crippen molar-refractivity contribution >= 4 is 21.9 Å². The molecule has 0 aliphatic carbocycles. The van der Waals surface area contributed by atoms with E-state index >= 15 is 0 Å². The second kappa shape index (κ2) is 6.17. The van der Waals surface area contributed by atoms with Crippen molar-refractivity contribution in [3.05, 3.63) is 34.3 Å². The van der Waals surface area contributed by atoms with Crippen LogP contribution in [0.3, 0.4) is 0 Å². The van der Waals surface area contributed by atoms with Crippen LogP contribution in [0.5, 0.6) is 0 Å². The Bertz CT molecular complexity index is 376. The van der Waals surface area contributed by atoms with Crippen LogP contribution in [0.2, 0.25) is 0 Å². The van der Waals surface area contributed by atoms with E-state index in [1.165, 1.54) is 0 Å². The van der Waals surface area contributed by atoms with Gasteiger partial charge in [0.1, 0.15) is 0 Å². The Morgan fingerprint density at radius 1 is 1.29 bits per heavy atom. The third-order valence-electron chi connectivity index (χ3n) is 2.90. The molecule has 1 rings (SSSR count). The number of hydrogen-bond donors (Lipinski definition) is 2.